The van der Waals surface area contributed by atoms with Crippen molar-refractivity contribution in [1.29, 1.82) is 0 Å². The van der Waals surface area contributed by atoms with Gasteiger partial charge in [-0.15, -0.1) is 0 Å². The Morgan fingerprint density at radius 3 is 1.83 bits per heavy atom. The van der Waals surface area contributed by atoms with Gasteiger partial charge in [-0.2, -0.15) is 13.2 Å². The second-order valence-electron chi connectivity index (χ2n) is 2.48. The van der Waals surface area contributed by atoms with Crippen molar-refractivity contribution in [2.45, 2.75) is 31.4 Å². The Morgan fingerprint density at radius 1 is 1.00 bits per heavy atom. The van der Waals surface area contributed by atoms with E-state index in [0.29, 0.717) is 0 Å². The van der Waals surface area contributed by atoms with Gasteiger partial charge in [0.25, 0.3) is 5.92 Å². The molecule has 6 heteroatoms. The summed E-state index contributed by atoms with van der Waals surface area (Å²) in [4.78, 5) is 0. The number of hydrogen-bond donors (Lipinski definition) is 1. The molecule has 0 saturated heterocycles. The van der Waals surface area contributed by atoms with Crippen molar-refractivity contribution in [3.05, 3.63) is 0 Å². The van der Waals surface area contributed by atoms with E-state index in [4.69, 9.17) is 5.11 Å². The molecular weight excluding hydrogens is 183 g/mol. The molecule has 0 spiro atoms. The Balaban J connectivity index is 3.86. The van der Waals surface area contributed by atoms with Gasteiger partial charge < -0.3 is 5.11 Å². The van der Waals surface area contributed by atoms with Gasteiger partial charge in [-0.05, 0) is 6.42 Å². The van der Waals surface area contributed by atoms with Gasteiger partial charge in [0.05, 0.1) is 0 Å². The fourth-order valence-corrected chi connectivity index (χ4v) is 0.719. The zero-order valence-corrected chi connectivity index (χ0v) is 6.17. The Bertz CT molecular complexity index is 130. The number of alkyl halides is 5. The van der Waals surface area contributed by atoms with Gasteiger partial charge >= 0.3 is 6.18 Å². The Labute approximate surface area is 66.2 Å². The van der Waals surface area contributed by atoms with Crippen LogP contribution in [0.2, 0.25) is 0 Å². The molecule has 0 aliphatic carbocycles. The van der Waals surface area contributed by atoms with Crippen LogP contribution in [0.15, 0.2) is 0 Å². The molecule has 0 aromatic heterocycles. The Morgan fingerprint density at radius 2 is 1.50 bits per heavy atom. The van der Waals surface area contributed by atoms with Crippen LogP contribution in [-0.4, -0.2) is 23.8 Å². The maximum Gasteiger partial charge on any atom is 0.394 e. The minimum atomic E-state index is -4.85. The molecule has 0 rings (SSSR count). The van der Waals surface area contributed by atoms with E-state index in [-0.39, 0.29) is 6.42 Å². The highest BCUT2D eigenvalue weighted by molar-refractivity contribution is 4.70. The van der Waals surface area contributed by atoms with Crippen LogP contribution in [0.5, 0.6) is 0 Å². The second-order valence-corrected chi connectivity index (χ2v) is 2.48. The Kier molecular flexibility index (Phi) is 3.89. The molecule has 0 saturated carbocycles. The normalized spacial score (nSPS) is 13.5. The van der Waals surface area contributed by atoms with Crippen molar-refractivity contribution < 1.29 is 27.1 Å². The van der Waals surface area contributed by atoms with Gasteiger partial charge in [-0.3, -0.25) is 0 Å². The van der Waals surface area contributed by atoms with Crippen molar-refractivity contribution >= 4 is 0 Å². The van der Waals surface area contributed by atoms with Gasteiger partial charge in [0.2, 0.25) is 0 Å². The first-order valence-corrected chi connectivity index (χ1v) is 3.32. The van der Waals surface area contributed by atoms with Crippen LogP contribution >= 0.6 is 0 Å². The number of aliphatic hydroxyl groups is 1. The van der Waals surface area contributed by atoms with Crippen LogP contribution in [0, 0.1) is 0 Å². The fraction of sp³-hybridized carbons (Fsp3) is 1.00. The van der Waals surface area contributed by atoms with Crippen LogP contribution < -0.4 is 0 Å². The topological polar surface area (TPSA) is 20.2 Å². The highest BCUT2D eigenvalue weighted by Crippen LogP contribution is 2.34. The molecule has 0 aromatic rings. The molecule has 0 heterocycles. The predicted molar refractivity (Wildman–Crippen MR) is 31.9 cm³/mol. The smallest absolute Gasteiger partial charge is 0.394 e. The lowest BCUT2D eigenvalue weighted by molar-refractivity contribution is -0.189. The number of halogens is 5. The molecule has 12 heavy (non-hydrogen) atoms. The van der Waals surface area contributed by atoms with Crippen LogP contribution in [0.1, 0.15) is 19.3 Å². The molecule has 0 amide bonds. The summed E-state index contributed by atoms with van der Waals surface area (Å²) in [6.45, 7) is -0.520. The number of hydrogen-bond acceptors (Lipinski definition) is 1. The van der Waals surface area contributed by atoms with E-state index >= 15 is 0 Å². The summed E-state index contributed by atoms with van der Waals surface area (Å²) in [5.74, 6) is -3.75. The van der Waals surface area contributed by atoms with Crippen LogP contribution in [0.25, 0.3) is 0 Å². The minimum Gasteiger partial charge on any atom is -0.396 e. The van der Waals surface area contributed by atoms with Crippen molar-refractivity contribution in [3.63, 3.8) is 0 Å². The lowest BCUT2D eigenvalue weighted by Crippen LogP contribution is -2.25. The minimum absolute atomic E-state index is 0.316. The van der Waals surface area contributed by atoms with E-state index in [2.05, 4.69) is 0 Å². The van der Waals surface area contributed by atoms with E-state index in [1.807, 2.05) is 0 Å². The van der Waals surface area contributed by atoms with E-state index in [0.717, 1.165) is 0 Å². The van der Waals surface area contributed by atoms with Gasteiger partial charge in [-0.1, -0.05) is 0 Å². The molecule has 1 nitrogen and oxygen atoms in total. The average Bonchev–Trinajstić information content (AvgIpc) is 1.78. The summed E-state index contributed by atoms with van der Waals surface area (Å²) >= 11 is 0. The maximum absolute atomic E-state index is 12.3. The zero-order valence-electron chi connectivity index (χ0n) is 6.17. The third kappa shape index (κ3) is 6.33. The summed E-state index contributed by atoms with van der Waals surface area (Å²) in [7, 11) is 0. The van der Waals surface area contributed by atoms with E-state index in [1.165, 1.54) is 0 Å². The number of rotatable bonds is 4. The third-order valence-electron chi connectivity index (χ3n) is 1.16. The largest absolute Gasteiger partial charge is 0.396 e. The predicted octanol–water partition coefficient (Wildman–Crippen LogP) is 2.35. The lowest BCUT2D eigenvalue weighted by atomic mass is 10.1. The van der Waals surface area contributed by atoms with Crippen LogP contribution in [0.4, 0.5) is 22.0 Å². The van der Waals surface area contributed by atoms with Crippen molar-refractivity contribution in [2.75, 3.05) is 6.61 Å². The summed E-state index contributed by atoms with van der Waals surface area (Å²) in [5.41, 5.74) is 0. The monoisotopic (exact) mass is 192 g/mol. The molecular formula is C6H9F5O. The van der Waals surface area contributed by atoms with Crippen LogP contribution in [0.3, 0.4) is 0 Å². The third-order valence-corrected chi connectivity index (χ3v) is 1.16. The molecule has 1 N–H and O–H groups in total. The van der Waals surface area contributed by atoms with Gasteiger partial charge in [-0.25, -0.2) is 8.78 Å². The molecule has 0 aliphatic rings. The first kappa shape index (κ1) is 11.6. The molecule has 0 aliphatic heterocycles. The standard InChI is InChI=1S/C6H9F5O/c7-5(8,2-1-3-12)4-6(9,10)11/h12H,1-4H2. The van der Waals surface area contributed by atoms with E-state index in [9.17, 15) is 22.0 Å². The molecule has 0 unspecified atom stereocenters. The molecule has 74 valence electrons. The average molecular weight is 192 g/mol. The summed E-state index contributed by atoms with van der Waals surface area (Å²) in [6.07, 6.45) is -8.20. The highest BCUT2D eigenvalue weighted by atomic mass is 19.4. The van der Waals surface area contributed by atoms with Crippen molar-refractivity contribution in [2.24, 2.45) is 0 Å². The summed E-state index contributed by atoms with van der Waals surface area (Å²) in [5, 5.41) is 8.11. The summed E-state index contributed by atoms with van der Waals surface area (Å²) in [6, 6.07) is 0. The van der Waals surface area contributed by atoms with Crippen molar-refractivity contribution in [1.82, 2.24) is 0 Å². The van der Waals surface area contributed by atoms with Gasteiger partial charge in [0.1, 0.15) is 6.42 Å². The quantitative estimate of drug-likeness (QED) is 0.678. The first-order valence-electron chi connectivity index (χ1n) is 3.32. The SMILES string of the molecule is OCCCC(F)(F)CC(F)(F)F. The van der Waals surface area contributed by atoms with Crippen LogP contribution in [-0.2, 0) is 0 Å². The molecule has 0 radical (unpaired) electrons. The lowest BCUT2D eigenvalue weighted by Gasteiger charge is -2.17. The fourth-order valence-electron chi connectivity index (χ4n) is 0.719. The van der Waals surface area contributed by atoms with Gasteiger partial charge in [0.15, 0.2) is 0 Å². The van der Waals surface area contributed by atoms with E-state index < -0.39 is 31.5 Å². The Hall–Kier alpha value is -0.390. The summed E-state index contributed by atoms with van der Waals surface area (Å²) < 4.78 is 58.9. The van der Waals surface area contributed by atoms with E-state index in [1.54, 1.807) is 0 Å². The zero-order chi connectivity index (χ0) is 9.83. The number of aliphatic hydroxyl groups excluding tert-OH is 1. The first-order chi connectivity index (χ1) is 5.27. The maximum atomic E-state index is 12.3. The molecule has 0 atom stereocenters. The highest BCUT2D eigenvalue weighted by Gasteiger charge is 2.42. The van der Waals surface area contributed by atoms with Gasteiger partial charge in [0, 0.05) is 13.0 Å². The molecule has 0 aromatic carbocycles. The second kappa shape index (κ2) is 4.02. The molecule has 0 fully saturated rings. The molecule has 0 bridgehead atoms. The van der Waals surface area contributed by atoms with Crippen molar-refractivity contribution in [3.8, 4) is 0 Å².